The summed E-state index contributed by atoms with van der Waals surface area (Å²) in [7, 11) is -2.42. The zero-order chi connectivity index (χ0) is 20.7. The van der Waals surface area contributed by atoms with Gasteiger partial charge in [0.05, 0.1) is 6.54 Å². The summed E-state index contributed by atoms with van der Waals surface area (Å²) >= 11 is 1.07. The number of nitrogens with zero attached hydrogens (tertiary/aromatic N) is 2. The van der Waals surface area contributed by atoms with Crippen molar-refractivity contribution in [2.45, 2.75) is 18.1 Å². The number of anilines is 1. The second-order valence-corrected chi connectivity index (χ2v) is 9.13. The number of amides is 2. The van der Waals surface area contributed by atoms with Crippen molar-refractivity contribution in [3.05, 3.63) is 47.3 Å². The second kappa shape index (κ2) is 9.67. The van der Waals surface area contributed by atoms with Crippen LogP contribution in [-0.4, -0.2) is 51.2 Å². The van der Waals surface area contributed by atoms with Crippen molar-refractivity contribution in [1.82, 2.24) is 15.2 Å². The Kier molecular flexibility index (Phi) is 7.55. The highest BCUT2D eigenvalue weighted by Crippen LogP contribution is 2.19. The molecule has 2 aromatic rings. The van der Waals surface area contributed by atoms with E-state index in [4.69, 9.17) is 0 Å². The number of rotatable bonds is 8. The number of likely N-dealkylation sites (N-methyl/N-ethyl adjacent to an activating group) is 1. The van der Waals surface area contributed by atoms with E-state index in [9.17, 15) is 18.0 Å². The van der Waals surface area contributed by atoms with E-state index < -0.39 is 28.4 Å². The van der Waals surface area contributed by atoms with Crippen LogP contribution in [0.3, 0.4) is 0 Å². The topological polar surface area (TPSA) is 98.8 Å². The lowest BCUT2D eigenvalue weighted by molar-refractivity contribution is -0.121. The molecular formula is C18H24N4O4S2. The van der Waals surface area contributed by atoms with E-state index in [1.54, 1.807) is 23.6 Å². The first kappa shape index (κ1) is 21.9. The number of hydrogen-bond donors (Lipinski definition) is 2. The van der Waals surface area contributed by atoms with Crippen LogP contribution in [0.5, 0.6) is 0 Å². The highest BCUT2D eigenvalue weighted by Gasteiger charge is 2.24. The number of carbonyl (C=O) groups excluding carboxylic acids is 2. The fourth-order valence-electron chi connectivity index (χ4n) is 2.50. The zero-order valence-electron chi connectivity index (χ0n) is 16.0. The molecule has 28 heavy (non-hydrogen) atoms. The van der Waals surface area contributed by atoms with E-state index in [1.165, 1.54) is 13.1 Å². The van der Waals surface area contributed by atoms with Gasteiger partial charge in [0, 0.05) is 31.4 Å². The van der Waals surface area contributed by atoms with Gasteiger partial charge < -0.3 is 4.90 Å². The summed E-state index contributed by atoms with van der Waals surface area (Å²) in [6.45, 7) is 5.41. The molecule has 0 saturated carbocycles. The van der Waals surface area contributed by atoms with E-state index in [2.05, 4.69) is 29.6 Å². The third-order valence-corrected chi connectivity index (χ3v) is 7.28. The molecule has 0 saturated heterocycles. The first-order chi connectivity index (χ1) is 13.3. The van der Waals surface area contributed by atoms with Gasteiger partial charge in [-0.25, -0.2) is 8.42 Å². The van der Waals surface area contributed by atoms with Crippen molar-refractivity contribution < 1.29 is 18.0 Å². The highest BCUT2D eigenvalue weighted by molar-refractivity contribution is 7.91. The zero-order valence-corrected chi connectivity index (χ0v) is 17.6. The predicted octanol–water partition coefficient (Wildman–Crippen LogP) is 1.68. The molecule has 152 valence electrons. The summed E-state index contributed by atoms with van der Waals surface area (Å²) in [6, 6.07) is 10.1. The minimum atomic E-state index is -3.73. The molecular weight excluding hydrogens is 400 g/mol. The van der Waals surface area contributed by atoms with Crippen LogP contribution in [0.4, 0.5) is 5.69 Å². The molecule has 1 aromatic heterocycles. The first-order valence-electron chi connectivity index (χ1n) is 8.73. The number of thiophene rings is 1. The fraction of sp³-hybridized carbons (Fsp3) is 0.333. The smallest absolute Gasteiger partial charge is 0.269 e. The molecule has 8 nitrogen and oxygen atoms in total. The van der Waals surface area contributed by atoms with Crippen LogP contribution >= 0.6 is 11.3 Å². The molecule has 2 rings (SSSR count). The van der Waals surface area contributed by atoms with Gasteiger partial charge in [0.2, 0.25) is 0 Å². The van der Waals surface area contributed by atoms with Crippen LogP contribution in [0.25, 0.3) is 0 Å². The molecule has 0 atom stereocenters. The molecule has 2 N–H and O–H groups in total. The van der Waals surface area contributed by atoms with Gasteiger partial charge in [-0.15, -0.1) is 11.3 Å². The molecule has 1 heterocycles. The third kappa shape index (κ3) is 5.31. The Morgan fingerprint density at radius 1 is 1.04 bits per heavy atom. The summed E-state index contributed by atoms with van der Waals surface area (Å²) in [6.07, 6.45) is 0. The van der Waals surface area contributed by atoms with Crippen molar-refractivity contribution in [3.8, 4) is 0 Å². The SMILES string of the molecule is CCN(CC)c1ccc(C(=O)NNC(=O)CN(C)S(=O)(=O)c2cccs2)cc1. The number of sulfonamides is 1. The second-order valence-electron chi connectivity index (χ2n) is 5.91. The van der Waals surface area contributed by atoms with Crippen LogP contribution in [0.1, 0.15) is 24.2 Å². The number of hydrazine groups is 1. The maximum atomic E-state index is 12.3. The van der Waals surface area contributed by atoms with E-state index in [-0.39, 0.29) is 4.21 Å². The van der Waals surface area contributed by atoms with Gasteiger partial charge in [-0.1, -0.05) is 6.07 Å². The molecule has 0 spiro atoms. The largest absolute Gasteiger partial charge is 0.372 e. The number of hydrogen-bond acceptors (Lipinski definition) is 6. The molecule has 0 aliphatic rings. The number of nitrogens with one attached hydrogen (secondary N) is 2. The monoisotopic (exact) mass is 424 g/mol. The first-order valence-corrected chi connectivity index (χ1v) is 11.1. The minimum absolute atomic E-state index is 0.153. The van der Waals surface area contributed by atoms with E-state index >= 15 is 0 Å². The maximum absolute atomic E-state index is 12.3. The average molecular weight is 425 g/mol. The molecule has 1 aromatic carbocycles. The molecule has 0 radical (unpaired) electrons. The lowest BCUT2D eigenvalue weighted by Crippen LogP contribution is -2.46. The van der Waals surface area contributed by atoms with Gasteiger partial charge in [0.15, 0.2) is 0 Å². The van der Waals surface area contributed by atoms with Crippen molar-refractivity contribution in [1.29, 1.82) is 0 Å². The average Bonchev–Trinajstić information content (AvgIpc) is 3.23. The molecule has 0 aliphatic carbocycles. The van der Waals surface area contributed by atoms with Crippen LogP contribution in [0.15, 0.2) is 46.0 Å². The van der Waals surface area contributed by atoms with Crippen molar-refractivity contribution in [2.24, 2.45) is 0 Å². The lowest BCUT2D eigenvalue weighted by atomic mass is 10.2. The highest BCUT2D eigenvalue weighted by atomic mass is 32.2. The van der Waals surface area contributed by atoms with Gasteiger partial charge in [-0.2, -0.15) is 4.31 Å². The number of carbonyl (C=O) groups is 2. The molecule has 0 unspecified atom stereocenters. The Labute approximate surface area is 169 Å². The Morgan fingerprint density at radius 2 is 1.68 bits per heavy atom. The standard InChI is InChI=1S/C18H24N4O4S2/c1-4-22(5-2)15-10-8-14(9-11-15)18(24)20-19-16(23)13-21(3)28(25,26)17-7-6-12-27-17/h6-12H,4-5,13H2,1-3H3,(H,19,23)(H,20,24). The van der Waals surface area contributed by atoms with Crippen LogP contribution in [0.2, 0.25) is 0 Å². The van der Waals surface area contributed by atoms with Crippen molar-refractivity contribution in [3.63, 3.8) is 0 Å². The van der Waals surface area contributed by atoms with Crippen LogP contribution in [0, 0.1) is 0 Å². The van der Waals surface area contributed by atoms with Gasteiger partial charge in [-0.05, 0) is 49.6 Å². The molecule has 2 amide bonds. The summed E-state index contributed by atoms with van der Waals surface area (Å²) in [5, 5.41) is 1.65. The van der Waals surface area contributed by atoms with Crippen LogP contribution in [-0.2, 0) is 14.8 Å². The fourth-order valence-corrected chi connectivity index (χ4v) is 4.83. The van der Waals surface area contributed by atoms with Crippen molar-refractivity contribution >= 4 is 38.9 Å². The van der Waals surface area contributed by atoms with E-state index in [1.807, 2.05) is 12.1 Å². The summed E-state index contributed by atoms with van der Waals surface area (Å²) in [5.41, 5.74) is 5.92. The molecule has 0 bridgehead atoms. The van der Waals surface area contributed by atoms with Gasteiger partial charge in [0.1, 0.15) is 4.21 Å². The number of benzene rings is 1. The normalized spacial score (nSPS) is 11.3. The van der Waals surface area contributed by atoms with Crippen molar-refractivity contribution in [2.75, 3.05) is 31.6 Å². The van der Waals surface area contributed by atoms with E-state index in [0.29, 0.717) is 5.56 Å². The van der Waals surface area contributed by atoms with Gasteiger partial charge >= 0.3 is 0 Å². The van der Waals surface area contributed by atoms with Crippen LogP contribution < -0.4 is 15.8 Å². The Morgan fingerprint density at radius 3 is 2.21 bits per heavy atom. The summed E-state index contributed by atoms with van der Waals surface area (Å²) in [4.78, 5) is 26.3. The third-order valence-electron chi connectivity index (χ3n) is 4.10. The summed E-state index contributed by atoms with van der Waals surface area (Å²) in [5.74, 6) is -1.13. The molecule has 0 aliphatic heterocycles. The van der Waals surface area contributed by atoms with Gasteiger partial charge in [-0.3, -0.25) is 20.4 Å². The molecule has 0 fully saturated rings. The lowest BCUT2D eigenvalue weighted by Gasteiger charge is -2.21. The maximum Gasteiger partial charge on any atom is 0.269 e. The minimum Gasteiger partial charge on any atom is -0.372 e. The predicted molar refractivity (Wildman–Crippen MR) is 110 cm³/mol. The Hall–Kier alpha value is -2.43. The van der Waals surface area contributed by atoms with E-state index in [0.717, 1.165) is 34.4 Å². The Bertz CT molecular complexity index is 892. The Balaban J connectivity index is 1.89. The van der Waals surface area contributed by atoms with Gasteiger partial charge in [0.25, 0.3) is 21.8 Å². The quantitative estimate of drug-likeness (QED) is 0.628. The molecule has 10 heteroatoms. The summed E-state index contributed by atoms with van der Waals surface area (Å²) < 4.78 is 25.7.